The summed E-state index contributed by atoms with van der Waals surface area (Å²) in [4.78, 5) is 12.5. The van der Waals surface area contributed by atoms with Crippen molar-refractivity contribution >= 4 is 21.7 Å². The highest BCUT2D eigenvalue weighted by atomic mass is 79.9. The van der Waals surface area contributed by atoms with Crippen molar-refractivity contribution in [1.82, 2.24) is 15.0 Å². The van der Waals surface area contributed by atoms with Gasteiger partial charge >= 0.3 is 0 Å². The van der Waals surface area contributed by atoms with Crippen molar-refractivity contribution in [3.05, 3.63) is 39.6 Å². The van der Waals surface area contributed by atoms with Crippen molar-refractivity contribution in [2.45, 2.75) is 6.92 Å². The summed E-state index contributed by atoms with van der Waals surface area (Å²) in [6.07, 6.45) is 0. The van der Waals surface area contributed by atoms with Gasteiger partial charge in [-0.2, -0.15) is 0 Å². The third-order valence-corrected chi connectivity index (χ3v) is 3.13. The smallest absolute Gasteiger partial charge is 0.217 e. The fourth-order valence-electron chi connectivity index (χ4n) is 1.70. The summed E-state index contributed by atoms with van der Waals surface area (Å²) >= 11 is 3.22. The van der Waals surface area contributed by atoms with Crippen molar-refractivity contribution in [1.29, 1.82) is 0 Å². The van der Waals surface area contributed by atoms with Crippen molar-refractivity contribution in [3.63, 3.8) is 0 Å². The van der Waals surface area contributed by atoms with Gasteiger partial charge in [-0.25, -0.2) is 4.68 Å². The van der Waals surface area contributed by atoms with Gasteiger partial charge in [0.2, 0.25) is 5.78 Å². The maximum Gasteiger partial charge on any atom is 0.217 e. The quantitative estimate of drug-likeness (QED) is 0.815. The minimum atomic E-state index is -0.171. The average molecular weight is 310 g/mol. The lowest BCUT2D eigenvalue weighted by atomic mass is 10.0. The second-order valence-corrected chi connectivity index (χ2v) is 4.64. The minimum absolute atomic E-state index is 0.171. The summed E-state index contributed by atoms with van der Waals surface area (Å²) in [7, 11) is 3.21. The summed E-state index contributed by atoms with van der Waals surface area (Å²) < 4.78 is 7.08. The molecule has 0 saturated carbocycles. The molecule has 0 amide bonds. The van der Waals surface area contributed by atoms with E-state index in [-0.39, 0.29) is 5.78 Å². The van der Waals surface area contributed by atoms with Gasteiger partial charge in [0.05, 0.1) is 12.7 Å². The molecule has 0 spiro atoms. The van der Waals surface area contributed by atoms with Gasteiger partial charge in [-0.05, 0) is 35.0 Å². The number of rotatable bonds is 3. The molecule has 0 unspecified atom stereocenters. The van der Waals surface area contributed by atoms with Crippen LogP contribution in [0.3, 0.4) is 0 Å². The van der Waals surface area contributed by atoms with Crippen LogP contribution in [0.25, 0.3) is 0 Å². The van der Waals surface area contributed by atoms with Crippen molar-refractivity contribution in [2.75, 3.05) is 7.11 Å². The Bertz CT molecular complexity index is 588. The van der Waals surface area contributed by atoms with E-state index in [9.17, 15) is 4.79 Å². The zero-order valence-corrected chi connectivity index (χ0v) is 11.9. The predicted molar refractivity (Wildman–Crippen MR) is 69.9 cm³/mol. The van der Waals surface area contributed by atoms with E-state index in [1.54, 1.807) is 19.2 Å². The minimum Gasteiger partial charge on any atom is -0.496 e. The zero-order chi connectivity index (χ0) is 13.3. The van der Waals surface area contributed by atoms with Gasteiger partial charge in [0.25, 0.3) is 0 Å². The van der Waals surface area contributed by atoms with Crippen molar-refractivity contribution in [2.24, 2.45) is 7.05 Å². The number of aryl methyl sites for hydroxylation is 2. The Balaban J connectivity index is 2.55. The standard InChI is InChI=1S/C12H12BrN3O2/c1-7-4-5-9(18-3)8(6-7)11(17)10-12(13)14-15-16(10)2/h4-6H,1-3H3. The molecule has 0 aliphatic rings. The van der Waals surface area contributed by atoms with E-state index in [1.165, 1.54) is 11.8 Å². The Morgan fingerprint density at radius 3 is 2.72 bits per heavy atom. The number of ketones is 1. The third kappa shape index (κ3) is 2.15. The zero-order valence-electron chi connectivity index (χ0n) is 10.3. The largest absolute Gasteiger partial charge is 0.496 e. The predicted octanol–water partition coefficient (Wildman–Crippen LogP) is 2.13. The number of aromatic nitrogens is 3. The molecule has 1 aromatic heterocycles. The van der Waals surface area contributed by atoms with E-state index in [1.807, 2.05) is 13.0 Å². The second kappa shape index (κ2) is 4.89. The summed E-state index contributed by atoms with van der Waals surface area (Å²) in [6.45, 7) is 1.92. The van der Waals surface area contributed by atoms with Crippen molar-refractivity contribution < 1.29 is 9.53 Å². The number of nitrogens with zero attached hydrogens (tertiary/aromatic N) is 3. The number of carbonyl (C=O) groups excluding carboxylic acids is 1. The third-order valence-electron chi connectivity index (χ3n) is 2.60. The molecule has 0 aliphatic heterocycles. The highest BCUT2D eigenvalue weighted by molar-refractivity contribution is 9.10. The first kappa shape index (κ1) is 12.8. The van der Waals surface area contributed by atoms with Crippen LogP contribution in [0.4, 0.5) is 0 Å². The molecule has 1 aromatic carbocycles. The molecular formula is C12H12BrN3O2. The lowest BCUT2D eigenvalue weighted by Gasteiger charge is -2.08. The van der Waals surface area contributed by atoms with Crippen LogP contribution in [-0.4, -0.2) is 27.9 Å². The number of ether oxygens (including phenoxy) is 1. The summed E-state index contributed by atoms with van der Waals surface area (Å²) in [5, 5.41) is 7.61. The van der Waals surface area contributed by atoms with Crippen LogP contribution in [0.2, 0.25) is 0 Å². The molecule has 0 fully saturated rings. The number of methoxy groups -OCH3 is 1. The van der Waals surface area contributed by atoms with Gasteiger partial charge in [-0.15, -0.1) is 5.10 Å². The van der Waals surface area contributed by atoms with Crippen LogP contribution in [-0.2, 0) is 7.05 Å². The molecule has 0 saturated heterocycles. The Hall–Kier alpha value is -1.69. The monoisotopic (exact) mass is 309 g/mol. The molecule has 1 heterocycles. The molecule has 2 rings (SSSR count). The maximum absolute atomic E-state index is 12.5. The summed E-state index contributed by atoms with van der Waals surface area (Å²) in [6, 6.07) is 5.47. The maximum atomic E-state index is 12.5. The fourth-order valence-corrected chi connectivity index (χ4v) is 2.21. The van der Waals surface area contributed by atoms with Gasteiger partial charge in [-0.3, -0.25) is 4.79 Å². The molecule has 0 aliphatic carbocycles. The van der Waals surface area contributed by atoms with E-state index in [4.69, 9.17) is 4.74 Å². The van der Waals surface area contributed by atoms with Gasteiger partial charge in [0.15, 0.2) is 4.60 Å². The van der Waals surface area contributed by atoms with E-state index in [0.29, 0.717) is 21.6 Å². The van der Waals surface area contributed by atoms with Gasteiger partial charge < -0.3 is 4.74 Å². The van der Waals surface area contributed by atoms with Crippen molar-refractivity contribution in [3.8, 4) is 5.75 Å². The first-order chi connectivity index (χ1) is 8.54. The normalized spacial score (nSPS) is 10.4. The van der Waals surface area contributed by atoms with E-state index >= 15 is 0 Å². The second-order valence-electron chi connectivity index (χ2n) is 3.89. The van der Waals surface area contributed by atoms with Crippen LogP contribution in [0, 0.1) is 6.92 Å². The van der Waals surface area contributed by atoms with Gasteiger partial charge in [0.1, 0.15) is 11.4 Å². The van der Waals surface area contributed by atoms with Gasteiger partial charge in [-0.1, -0.05) is 16.8 Å². The molecule has 0 atom stereocenters. The van der Waals surface area contributed by atoms with E-state index < -0.39 is 0 Å². The Morgan fingerprint density at radius 2 is 2.17 bits per heavy atom. The summed E-state index contributed by atoms with van der Waals surface area (Å²) in [5.41, 5.74) is 1.90. The number of benzene rings is 1. The molecule has 2 aromatic rings. The topological polar surface area (TPSA) is 57.0 Å². The molecule has 0 bridgehead atoms. The average Bonchev–Trinajstić information content (AvgIpc) is 2.68. The van der Waals surface area contributed by atoms with Crippen LogP contribution in [0.15, 0.2) is 22.8 Å². The Labute approximate surface area is 113 Å². The highest BCUT2D eigenvalue weighted by Gasteiger charge is 2.21. The van der Waals surface area contributed by atoms with Crippen LogP contribution in [0.5, 0.6) is 5.75 Å². The van der Waals surface area contributed by atoms with E-state index in [2.05, 4.69) is 26.2 Å². The SMILES string of the molecule is COc1ccc(C)cc1C(=O)c1c(Br)nnn1C. The number of hydrogen-bond acceptors (Lipinski definition) is 4. The molecule has 5 nitrogen and oxygen atoms in total. The number of hydrogen-bond donors (Lipinski definition) is 0. The molecule has 18 heavy (non-hydrogen) atoms. The van der Waals surface area contributed by atoms with Crippen LogP contribution >= 0.6 is 15.9 Å². The Kier molecular flexibility index (Phi) is 3.47. The molecule has 0 radical (unpaired) electrons. The highest BCUT2D eigenvalue weighted by Crippen LogP contribution is 2.25. The van der Waals surface area contributed by atoms with E-state index in [0.717, 1.165) is 5.56 Å². The Morgan fingerprint density at radius 1 is 1.44 bits per heavy atom. The van der Waals surface area contributed by atoms with Crippen LogP contribution in [0.1, 0.15) is 21.6 Å². The molecule has 94 valence electrons. The number of carbonyl (C=O) groups is 1. The summed E-state index contributed by atoms with van der Waals surface area (Å²) in [5.74, 6) is 0.369. The number of halogens is 1. The first-order valence-corrected chi connectivity index (χ1v) is 6.08. The first-order valence-electron chi connectivity index (χ1n) is 5.29. The molecule has 6 heteroatoms. The molecule has 0 N–H and O–H groups in total. The van der Waals surface area contributed by atoms with Crippen LogP contribution < -0.4 is 4.74 Å². The lowest BCUT2D eigenvalue weighted by molar-refractivity contribution is 0.102. The lowest BCUT2D eigenvalue weighted by Crippen LogP contribution is -2.10. The fraction of sp³-hybridized carbons (Fsp3) is 0.250. The van der Waals surface area contributed by atoms with Gasteiger partial charge in [0, 0.05) is 7.05 Å². The molecular weight excluding hydrogens is 298 g/mol.